The zero-order chi connectivity index (χ0) is 12.9. The number of hydrogen-bond donors (Lipinski definition) is 1. The summed E-state index contributed by atoms with van der Waals surface area (Å²) in [5.74, 6) is 1.34. The summed E-state index contributed by atoms with van der Waals surface area (Å²) in [5, 5.41) is 12.2. The van der Waals surface area contributed by atoms with Gasteiger partial charge in [0, 0.05) is 10.7 Å². The SMILES string of the molecule is CCC(C)C[C@@]1(O)C[C@H]2CC[C@]1(C)C2(C)CBr. The fourth-order valence-electron chi connectivity index (χ4n) is 4.53. The molecule has 0 spiro atoms. The fraction of sp³-hybridized carbons (Fsp3) is 1.00. The van der Waals surface area contributed by atoms with E-state index in [0.29, 0.717) is 11.8 Å². The molecular weight excluding hydrogens is 276 g/mol. The minimum Gasteiger partial charge on any atom is -0.389 e. The molecule has 2 unspecified atom stereocenters. The van der Waals surface area contributed by atoms with Crippen molar-refractivity contribution in [2.75, 3.05) is 5.33 Å². The first kappa shape index (κ1) is 13.9. The summed E-state index contributed by atoms with van der Waals surface area (Å²) in [6.45, 7) is 9.23. The van der Waals surface area contributed by atoms with E-state index in [2.05, 4.69) is 43.6 Å². The predicted molar refractivity (Wildman–Crippen MR) is 76.4 cm³/mol. The van der Waals surface area contributed by atoms with Crippen LogP contribution < -0.4 is 0 Å². The molecule has 17 heavy (non-hydrogen) atoms. The van der Waals surface area contributed by atoms with E-state index in [0.717, 1.165) is 18.2 Å². The van der Waals surface area contributed by atoms with E-state index >= 15 is 0 Å². The Kier molecular flexibility index (Phi) is 3.45. The maximum absolute atomic E-state index is 11.2. The molecule has 0 amide bonds. The van der Waals surface area contributed by atoms with E-state index in [1.54, 1.807) is 0 Å². The van der Waals surface area contributed by atoms with Crippen LogP contribution in [-0.2, 0) is 0 Å². The Bertz CT molecular complexity index is 301. The van der Waals surface area contributed by atoms with Crippen molar-refractivity contribution < 1.29 is 5.11 Å². The van der Waals surface area contributed by atoms with E-state index in [9.17, 15) is 5.11 Å². The monoisotopic (exact) mass is 302 g/mol. The average Bonchev–Trinajstić information content (AvgIpc) is 2.62. The van der Waals surface area contributed by atoms with E-state index < -0.39 is 5.60 Å². The normalized spacial score (nSPS) is 50.8. The third kappa shape index (κ3) is 1.66. The summed E-state index contributed by atoms with van der Waals surface area (Å²) >= 11 is 3.71. The maximum Gasteiger partial charge on any atom is 0.0712 e. The van der Waals surface area contributed by atoms with Gasteiger partial charge >= 0.3 is 0 Å². The second-order valence-electron chi connectivity index (χ2n) is 7.07. The number of hydrogen-bond acceptors (Lipinski definition) is 1. The second-order valence-corrected chi connectivity index (χ2v) is 7.63. The van der Waals surface area contributed by atoms with Gasteiger partial charge in [0.1, 0.15) is 0 Å². The van der Waals surface area contributed by atoms with E-state index in [-0.39, 0.29) is 10.8 Å². The van der Waals surface area contributed by atoms with Crippen molar-refractivity contribution in [2.45, 2.75) is 65.4 Å². The molecule has 0 aromatic heterocycles. The lowest BCUT2D eigenvalue weighted by Gasteiger charge is -2.47. The lowest BCUT2D eigenvalue weighted by molar-refractivity contribution is -0.102. The zero-order valence-electron chi connectivity index (χ0n) is 11.7. The van der Waals surface area contributed by atoms with E-state index in [1.807, 2.05) is 0 Å². The fourth-order valence-corrected chi connectivity index (χ4v) is 5.60. The second kappa shape index (κ2) is 4.23. The van der Waals surface area contributed by atoms with Gasteiger partial charge in [-0.15, -0.1) is 0 Å². The van der Waals surface area contributed by atoms with Crippen LogP contribution >= 0.6 is 15.9 Å². The van der Waals surface area contributed by atoms with Crippen LogP contribution in [0.3, 0.4) is 0 Å². The van der Waals surface area contributed by atoms with Crippen LogP contribution in [0.4, 0.5) is 0 Å². The van der Waals surface area contributed by atoms with Crippen molar-refractivity contribution in [1.29, 1.82) is 0 Å². The van der Waals surface area contributed by atoms with Crippen molar-refractivity contribution in [2.24, 2.45) is 22.7 Å². The molecule has 2 fully saturated rings. The Hall–Kier alpha value is 0.440. The van der Waals surface area contributed by atoms with Crippen LogP contribution in [0.5, 0.6) is 0 Å². The highest BCUT2D eigenvalue weighted by molar-refractivity contribution is 9.09. The van der Waals surface area contributed by atoms with Crippen LogP contribution in [0.15, 0.2) is 0 Å². The van der Waals surface area contributed by atoms with Crippen molar-refractivity contribution in [3.05, 3.63) is 0 Å². The predicted octanol–water partition coefficient (Wildman–Crippen LogP) is 4.37. The molecule has 0 aromatic carbocycles. The maximum atomic E-state index is 11.2. The molecule has 2 saturated carbocycles. The van der Waals surface area contributed by atoms with Crippen LogP contribution in [0.25, 0.3) is 0 Å². The summed E-state index contributed by atoms with van der Waals surface area (Å²) in [4.78, 5) is 0. The highest BCUT2D eigenvalue weighted by Crippen LogP contribution is 2.71. The molecule has 0 heterocycles. The molecule has 2 rings (SSSR count). The van der Waals surface area contributed by atoms with Gasteiger partial charge in [0.05, 0.1) is 5.60 Å². The van der Waals surface area contributed by atoms with Gasteiger partial charge in [-0.25, -0.2) is 0 Å². The van der Waals surface area contributed by atoms with Gasteiger partial charge in [-0.3, -0.25) is 0 Å². The third-order valence-electron chi connectivity index (χ3n) is 6.43. The van der Waals surface area contributed by atoms with Crippen molar-refractivity contribution in [3.8, 4) is 0 Å². The summed E-state index contributed by atoms with van der Waals surface area (Å²) in [6.07, 6.45) is 5.69. The molecule has 100 valence electrons. The highest BCUT2D eigenvalue weighted by Gasteiger charge is 2.69. The summed E-state index contributed by atoms with van der Waals surface area (Å²) in [5.41, 5.74) is -0.0271. The Morgan fingerprint density at radius 2 is 2.06 bits per heavy atom. The largest absolute Gasteiger partial charge is 0.389 e. The number of aliphatic hydroxyl groups is 1. The Labute approximate surface area is 114 Å². The number of rotatable bonds is 4. The molecule has 5 atom stereocenters. The molecule has 1 N–H and O–H groups in total. The van der Waals surface area contributed by atoms with Gasteiger partial charge in [0.15, 0.2) is 0 Å². The molecule has 1 nitrogen and oxygen atoms in total. The molecule has 2 bridgehead atoms. The van der Waals surface area contributed by atoms with E-state index in [1.165, 1.54) is 19.3 Å². The topological polar surface area (TPSA) is 20.2 Å². The Balaban J connectivity index is 2.29. The first-order valence-corrected chi connectivity index (χ1v) is 8.23. The molecule has 0 aliphatic heterocycles. The van der Waals surface area contributed by atoms with Crippen molar-refractivity contribution in [3.63, 3.8) is 0 Å². The minimum atomic E-state index is -0.423. The molecule has 0 saturated heterocycles. The van der Waals surface area contributed by atoms with Gasteiger partial charge in [-0.1, -0.05) is 50.0 Å². The first-order chi connectivity index (χ1) is 7.83. The molecule has 0 aromatic rings. The molecule has 2 aliphatic carbocycles. The van der Waals surface area contributed by atoms with Crippen molar-refractivity contribution in [1.82, 2.24) is 0 Å². The molecular formula is C15H27BrO. The third-order valence-corrected chi connectivity index (χ3v) is 7.59. The lowest BCUT2D eigenvalue weighted by Crippen LogP contribution is -2.49. The van der Waals surface area contributed by atoms with Crippen LogP contribution in [0, 0.1) is 22.7 Å². The summed E-state index contributed by atoms with van der Waals surface area (Å²) in [6, 6.07) is 0. The van der Waals surface area contributed by atoms with Gasteiger partial charge in [0.2, 0.25) is 0 Å². The van der Waals surface area contributed by atoms with Crippen LogP contribution in [0.1, 0.15) is 59.8 Å². The first-order valence-electron chi connectivity index (χ1n) is 7.11. The lowest BCUT2D eigenvalue weighted by atomic mass is 9.62. The van der Waals surface area contributed by atoms with Gasteiger partial charge in [-0.05, 0) is 42.9 Å². The average molecular weight is 303 g/mol. The Morgan fingerprint density at radius 1 is 1.41 bits per heavy atom. The summed E-state index contributed by atoms with van der Waals surface area (Å²) in [7, 11) is 0. The van der Waals surface area contributed by atoms with Crippen molar-refractivity contribution >= 4 is 15.9 Å². The minimum absolute atomic E-state index is 0.109. The van der Waals surface area contributed by atoms with E-state index in [4.69, 9.17) is 0 Å². The van der Waals surface area contributed by atoms with Gasteiger partial charge in [0.25, 0.3) is 0 Å². The number of halogens is 1. The van der Waals surface area contributed by atoms with Gasteiger partial charge < -0.3 is 5.11 Å². The highest BCUT2D eigenvalue weighted by atomic mass is 79.9. The molecule has 2 aliphatic rings. The zero-order valence-corrected chi connectivity index (χ0v) is 13.3. The van der Waals surface area contributed by atoms with Crippen LogP contribution in [-0.4, -0.2) is 16.0 Å². The molecule has 2 heteroatoms. The summed E-state index contributed by atoms with van der Waals surface area (Å²) < 4.78 is 0. The quantitative estimate of drug-likeness (QED) is 0.764. The number of alkyl halides is 1. The molecule has 0 radical (unpaired) electrons. The Morgan fingerprint density at radius 3 is 2.53 bits per heavy atom. The smallest absolute Gasteiger partial charge is 0.0712 e. The van der Waals surface area contributed by atoms with Crippen LogP contribution in [0.2, 0.25) is 0 Å². The standard InChI is InChI=1S/C15H27BrO/c1-5-11(2)8-15(17)9-12-6-7-14(15,4)13(12,3)10-16/h11-12,17H,5-10H2,1-4H3/t11?,12-,13?,14-,15-/m1/s1. The van der Waals surface area contributed by atoms with Gasteiger partial charge in [-0.2, -0.15) is 0 Å². The number of fused-ring (bicyclic) bond motifs is 2.